The summed E-state index contributed by atoms with van der Waals surface area (Å²) in [5.41, 5.74) is 0. The van der Waals surface area contributed by atoms with Gasteiger partial charge >= 0.3 is 19.8 Å². The van der Waals surface area contributed by atoms with Crippen molar-refractivity contribution in [2.75, 3.05) is 13.2 Å². The molecule has 0 unspecified atom stereocenters. The number of hydrogen-bond acceptors (Lipinski definition) is 6. The van der Waals surface area contributed by atoms with Crippen molar-refractivity contribution in [1.82, 2.24) is 0 Å². The number of phosphoric ester groups is 1. The summed E-state index contributed by atoms with van der Waals surface area (Å²) in [6, 6.07) is 0. The molecule has 0 amide bonds. The molecule has 0 aliphatic heterocycles. The van der Waals surface area contributed by atoms with E-state index in [9.17, 15) is 14.2 Å². The van der Waals surface area contributed by atoms with Crippen molar-refractivity contribution in [3.63, 3.8) is 0 Å². The van der Waals surface area contributed by atoms with Crippen molar-refractivity contribution < 1.29 is 37.9 Å². The van der Waals surface area contributed by atoms with Crippen LogP contribution in [0.25, 0.3) is 0 Å². The number of carbonyl (C=O) groups excluding carboxylic acids is 2. The first kappa shape index (κ1) is 40.3. The van der Waals surface area contributed by atoms with Gasteiger partial charge in [0.25, 0.3) is 0 Å². The van der Waals surface area contributed by atoms with E-state index in [0.717, 1.165) is 64.2 Å². The van der Waals surface area contributed by atoms with Crippen LogP contribution in [0, 0.1) is 0 Å². The summed E-state index contributed by atoms with van der Waals surface area (Å²) in [6.07, 6.45) is 31.7. The Bertz CT molecular complexity index is 787. The van der Waals surface area contributed by atoms with E-state index in [1.807, 2.05) is 0 Å². The third-order valence-electron chi connectivity index (χ3n) is 6.66. The van der Waals surface area contributed by atoms with E-state index >= 15 is 0 Å². The summed E-state index contributed by atoms with van der Waals surface area (Å²) in [7, 11) is -4.74. The van der Waals surface area contributed by atoms with Gasteiger partial charge < -0.3 is 19.3 Å². The van der Waals surface area contributed by atoms with Crippen molar-refractivity contribution in [2.24, 2.45) is 0 Å². The Morgan fingerprint density at radius 2 is 1.07 bits per heavy atom. The summed E-state index contributed by atoms with van der Waals surface area (Å²) in [5, 5.41) is 0. The highest BCUT2D eigenvalue weighted by Gasteiger charge is 2.22. The summed E-state index contributed by atoms with van der Waals surface area (Å²) >= 11 is 0. The minimum absolute atomic E-state index is 0.187. The first-order chi connectivity index (χ1) is 20.3. The normalized spacial score (nSPS) is 13.0. The molecular formula is C33H59O8P. The summed E-state index contributed by atoms with van der Waals surface area (Å²) in [6.45, 7) is 3.55. The van der Waals surface area contributed by atoms with Crippen LogP contribution in [-0.2, 0) is 28.2 Å². The van der Waals surface area contributed by atoms with Gasteiger partial charge in [-0.1, -0.05) is 115 Å². The molecular weight excluding hydrogens is 555 g/mol. The largest absolute Gasteiger partial charge is 0.469 e. The van der Waals surface area contributed by atoms with Crippen molar-refractivity contribution in [1.29, 1.82) is 0 Å². The van der Waals surface area contributed by atoms with Gasteiger partial charge in [0.1, 0.15) is 6.61 Å². The molecule has 0 spiro atoms. The third kappa shape index (κ3) is 31.2. The van der Waals surface area contributed by atoms with Crippen molar-refractivity contribution >= 4 is 19.8 Å². The Labute approximate surface area is 255 Å². The number of rotatable bonds is 29. The molecule has 0 aromatic carbocycles. The number of ether oxygens (including phenoxy) is 2. The zero-order valence-electron chi connectivity index (χ0n) is 26.4. The lowest BCUT2D eigenvalue weighted by Crippen LogP contribution is -2.29. The van der Waals surface area contributed by atoms with Crippen LogP contribution in [0.1, 0.15) is 142 Å². The maximum Gasteiger partial charge on any atom is 0.469 e. The quantitative estimate of drug-likeness (QED) is 0.0371. The molecule has 2 N–H and O–H groups in total. The van der Waals surface area contributed by atoms with Crippen LogP contribution in [0.2, 0.25) is 0 Å². The lowest BCUT2D eigenvalue weighted by Gasteiger charge is -2.18. The maximum absolute atomic E-state index is 12.3. The van der Waals surface area contributed by atoms with Gasteiger partial charge in [0.15, 0.2) is 6.10 Å². The van der Waals surface area contributed by atoms with Gasteiger partial charge in [0.05, 0.1) is 6.61 Å². The fraction of sp³-hybridized carbons (Fsp3) is 0.758. The van der Waals surface area contributed by atoms with Gasteiger partial charge in [-0.3, -0.25) is 14.1 Å². The highest BCUT2D eigenvalue weighted by Crippen LogP contribution is 2.35. The molecule has 0 radical (unpaired) electrons. The molecule has 9 heteroatoms. The van der Waals surface area contributed by atoms with Gasteiger partial charge in [-0.05, 0) is 51.4 Å². The molecule has 0 saturated heterocycles. The first-order valence-electron chi connectivity index (χ1n) is 16.3. The van der Waals surface area contributed by atoms with Crippen LogP contribution >= 0.6 is 7.82 Å². The minimum atomic E-state index is -4.74. The average Bonchev–Trinajstić information content (AvgIpc) is 2.95. The fourth-order valence-electron chi connectivity index (χ4n) is 4.20. The molecule has 0 aliphatic rings. The van der Waals surface area contributed by atoms with Crippen LogP contribution in [0.4, 0.5) is 0 Å². The second-order valence-electron chi connectivity index (χ2n) is 10.8. The molecule has 8 nitrogen and oxygen atoms in total. The number of phosphoric acid groups is 1. The highest BCUT2D eigenvalue weighted by molar-refractivity contribution is 7.46. The van der Waals surface area contributed by atoms with Crippen LogP contribution in [-0.4, -0.2) is 41.0 Å². The lowest BCUT2D eigenvalue weighted by molar-refractivity contribution is -0.161. The zero-order valence-corrected chi connectivity index (χ0v) is 27.3. The van der Waals surface area contributed by atoms with Crippen molar-refractivity contribution in [3.8, 4) is 0 Å². The Hall–Kier alpha value is -1.73. The van der Waals surface area contributed by atoms with E-state index in [2.05, 4.69) is 54.8 Å². The van der Waals surface area contributed by atoms with Crippen LogP contribution in [0.15, 0.2) is 36.5 Å². The van der Waals surface area contributed by atoms with Gasteiger partial charge in [-0.15, -0.1) is 0 Å². The Morgan fingerprint density at radius 3 is 1.64 bits per heavy atom. The molecule has 0 bridgehead atoms. The van der Waals surface area contributed by atoms with Crippen molar-refractivity contribution in [3.05, 3.63) is 36.5 Å². The third-order valence-corrected chi connectivity index (χ3v) is 7.15. The summed E-state index contributed by atoms with van der Waals surface area (Å²) in [4.78, 5) is 42.3. The van der Waals surface area contributed by atoms with Gasteiger partial charge in [0, 0.05) is 12.8 Å². The van der Waals surface area contributed by atoms with Crippen LogP contribution < -0.4 is 0 Å². The van der Waals surface area contributed by atoms with E-state index in [4.69, 9.17) is 19.3 Å². The standard InChI is InChI=1S/C33H59O8P/c1-3-5-7-9-11-12-13-14-15-16-17-18-19-20-22-24-26-28-33(35)41-31(30-40-42(36,37)38)29-39-32(34)27-25-23-21-10-8-6-4-2/h11-12,14-15,17-18,31H,3-10,13,16,19-30H2,1-2H3,(H2,36,37,38)/b12-11+,15-14+,18-17+/t31-/m1/s1. The number of unbranched alkanes of at least 4 members (excludes halogenated alkanes) is 13. The molecule has 244 valence electrons. The van der Waals surface area contributed by atoms with Gasteiger partial charge in [-0.2, -0.15) is 0 Å². The van der Waals surface area contributed by atoms with Crippen molar-refractivity contribution in [2.45, 2.75) is 148 Å². The topological polar surface area (TPSA) is 119 Å². The van der Waals surface area contributed by atoms with E-state index in [1.54, 1.807) is 0 Å². The van der Waals surface area contributed by atoms with Crippen LogP contribution in [0.3, 0.4) is 0 Å². The number of hydrogen-bond donors (Lipinski definition) is 2. The molecule has 0 fully saturated rings. The smallest absolute Gasteiger partial charge is 0.462 e. The van der Waals surface area contributed by atoms with E-state index < -0.39 is 32.5 Å². The molecule has 42 heavy (non-hydrogen) atoms. The predicted octanol–water partition coefficient (Wildman–Crippen LogP) is 9.06. The second kappa shape index (κ2) is 29.3. The highest BCUT2D eigenvalue weighted by atomic mass is 31.2. The SMILES string of the molecule is CCCCC/C=C/C/C=C/C/C=C/CCCCCCC(=O)O[C@H](COC(=O)CCCCCCCCC)COP(=O)(O)O. The first-order valence-corrected chi connectivity index (χ1v) is 17.8. The van der Waals surface area contributed by atoms with E-state index in [-0.39, 0.29) is 19.4 Å². The van der Waals surface area contributed by atoms with Gasteiger partial charge in [0.2, 0.25) is 0 Å². The van der Waals surface area contributed by atoms with E-state index in [0.29, 0.717) is 6.42 Å². The Balaban J connectivity index is 4.05. The predicted molar refractivity (Wildman–Crippen MR) is 170 cm³/mol. The molecule has 1 atom stereocenters. The maximum atomic E-state index is 12.3. The molecule has 0 heterocycles. The number of allylic oxidation sites excluding steroid dienone is 6. The summed E-state index contributed by atoms with van der Waals surface area (Å²) in [5.74, 6) is -0.920. The monoisotopic (exact) mass is 614 g/mol. The van der Waals surface area contributed by atoms with E-state index in [1.165, 1.54) is 44.9 Å². The lowest BCUT2D eigenvalue weighted by atomic mass is 10.1. The molecule has 0 aromatic heterocycles. The zero-order chi connectivity index (χ0) is 31.2. The summed E-state index contributed by atoms with van der Waals surface area (Å²) < 4.78 is 26.1. The minimum Gasteiger partial charge on any atom is -0.462 e. The number of carbonyl (C=O) groups is 2. The number of esters is 2. The molecule has 0 aliphatic carbocycles. The average molecular weight is 615 g/mol. The van der Waals surface area contributed by atoms with Crippen LogP contribution in [0.5, 0.6) is 0 Å². The molecule has 0 rings (SSSR count). The Morgan fingerprint density at radius 1 is 0.619 bits per heavy atom. The second-order valence-corrected chi connectivity index (χ2v) is 12.0. The molecule has 0 aromatic rings. The molecule has 0 saturated carbocycles. The Kier molecular flexibility index (Phi) is 28.1. The fourth-order valence-corrected chi connectivity index (χ4v) is 4.56. The van der Waals surface area contributed by atoms with Gasteiger partial charge in [-0.25, -0.2) is 4.57 Å².